The van der Waals surface area contributed by atoms with Gasteiger partial charge < -0.3 is 14.2 Å². The van der Waals surface area contributed by atoms with Crippen molar-refractivity contribution in [3.05, 3.63) is 24.8 Å². The highest BCUT2D eigenvalue weighted by Crippen LogP contribution is 1.93. The fourth-order valence-corrected chi connectivity index (χ4v) is 0.861. The molecule has 100 valence electrons. The van der Waals surface area contributed by atoms with E-state index in [1.54, 1.807) is 0 Å². The van der Waals surface area contributed by atoms with E-state index in [0.29, 0.717) is 12.8 Å². The first-order valence-corrected chi connectivity index (χ1v) is 5.32. The molecule has 0 heterocycles. The summed E-state index contributed by atoms with van der Waals surface area (Å²) in [5.41, 5.74) is 0. The van der Waals surface area contributed by atoms with Crippen LogP contribution in [0, 0.1) is 0 Å². The van der Waals surface area contributed by atoms with Crippen molar-refractivity contribution in [1.29, 1.82) is 0 Å². The molecule has 0 fully saturated rings. The topological polar surface area (TPSA) is 78.9 Å². The Balaban J connectivity index is 3.52. The number of methoxy groups -OCH3 is 1. The molecule has 0 atom stereocenters. The number of ether oxygens (including phenoxy) is 3. The van der Waals surface area contributed by atoms with Crippen LogP contribution in [0.15, 0.2) is 24.8 Å². The third kappa shape index (κ3) is 9.14. The highest BCUT2D eigenvalue weighted by molar-refractivity contribution is 5.91. The van der Waals surface area contributed by atoms with Gasteiger partial charge in [-0.1, -0.05) is 6.58 Å². The van der Waals surface area contributed by atoms with Crippen LogP contribution in [-0.4, -0.2) is 38.2 Å². The Bertz CT molecular complexity index is 331. The lowest BCUT2D eigenvalue weighted by Crippen LogP contribution is -2.06. The van der Waals surface area contributed by atoms with Gasteiger partial charge >= 0.3 is 17.9 Å². The Hall–Kier alpha value is -2.11. The first-order valence-electron chi connectivity index (χ1n) is 5.32. The second-order valence-corrected chi connectivity index (χ2v) is 3.10. The molecule has 18 heavy (non-hydrogen) atoms. The molecule has 0 spiro atoms. The maximum atomic E-state index is 11.0. The second kappa shape index (κ2) is 10.1. The molecule has 0 saturated carbocycles. The van der Waals surface area contributed by atoms with Gasteiger partial charge in [0.2, 0.25) is 0 Å². The summed E-state index contributed by atoms with van der Waals surface area (Å²) < 4.78 is 13.8. The molecule has 0 bridgehead atoms. The van der Waals surface area contributed by atoms with Crippen LogP contribution in [0.5, 0.6) is 0 Å². The van der Waals surface area contributed by atoms with E-state index in [-0.39, 0.29) is 13.2 Å². The molecule has 0 aromatic heterocycles. The molecule has 0 aromatic rings. The molecule has 0 aromatic carbocycles. The van der Waals surface area contributed by atoms with E-state index in [2.05, 4.69) is 11.3 Å². The van der Waals surface area contributed by atoms with Gasteiger partial charge in [0.15, 0.2) is 0 Å². The number of unbranched alkanes of at least 4 members (excludes halogenated alkanes) is 1. The largest absolute Gasteiger partial charge is 0.466 e. The van der Waals surface area contributed by atoms with E-state index >= 15 is 0 Å². The van der Waals surface area contributed by atoms with Gasteiger partial charge in [0.1, 0.15) is 0 Å². The van der Waals surface area contributed by atoms with Gasteiger partial charge in [-0.3, -0.25) is 0 Å². The van der Waals surface area contributed by atoms with Gasteiger partial charge in [-0.05, 0) is 12.8 Å². The minimum absolute atomic E-state index is 0.190. The predicted molar refractivity (Wildman–Crippen MR) is 62.5 cm³/mol. The van der Waals surface area contributed by atoms with Gasteiger partial charge in [-0.2, -0.15) is 0 Å². The average molecular weight is 256 g/mol. The number of esters is 3. The van der Waals surface area contributed by atoms with Crippen LogP contribution in [0.25, 0.3) is 0 Å². The molecule has 6 heteroatoms. The zero-order valence-electron chi connectivity index (χ0n) is 10.2. The Kier molecular flexibility index (Phi) is 8.89. The standard InChI is InChI=1S/C12H16O6/c1-3-10(13)17-8-4-5-9-18-12(15)7-6-11(14)16-2/h3,6-7H,1,4-5,8-9H2,2H3/b7-6+. The zero-order valence-corrected chi connectivity index (χ0v) is 10.2. The van der Waals surface area contributed by atoms with E-state index in [9.17, 15) is 14.4 Å². The van der Waals surface area contributed by atoms with E-state index in [4.69, 9.17) is 9.47 Å². The number of rotatable bonds is 8. The smallest absolute Gasteiger partial charge is 0.331 e. The first-order chi connectivity index (χ1) is 8.60. The average Bonchev–Trinajstić information content (AvgIpc) is 2.39. The van der Waals surface area contributed by atoms with Gasteiger partial charge in [0.05, 0.1) is 20.3 Å². The van der Waals surface area contributed by atoms with Crippen molar-refractivity contribution < 1.29 is 28.6 Å². The van der Waals surface area contributed by atoms with E-state index in [0.717, 1.165) is 18.2 Å². The summed E-state index contributed by atoms with van der Waals surface area (Å²) in [6.07, 6.45) is 4.19. The lowest BCUT2D eigenvalue weighted by molar-refractivity contribution is -0.140. The summed E-state index contributed by atoms with van der Waals surface area (Å²) in [5.74, 6) is -1.72. The summed E-state index contributed by atoms with van der Waals surface area (Å²) in [6.45, 7) is 3.69. The first kappa shape index (κ1) is 15.9. The minimum atomic E-state index is -0.622. The molecule has 0 saturated heterocycles. The Morgan fingerprint density at radius 1 is 0.944 bits per heavy atom. The van der Waals surface area contributed by atoms with Crippen molar-refractivity contribution in [3.63, 3.8) is 0 Å². The van der Waals surface area contributed by atoms with Gasteiger partial charge in [-0.15, -0.1) is 0 Å². The van der Waals surface area contributed by atoms with Gasteiger partial charge in [-0.25, -0.2) is 14.4 Å². The fourth-order valence-electron chi connectivity index (χ4n) is 0.861. The van der Waals surface area contributed by atoms with E-state index in [1.165, 1.54) is 7.11 Å². The van der Waals surface area contributed by atoms with E-state index in [1.807, 2.05) is 0 Å². The maximum absolute atomic E-state index is 11.0. The summed E-state index contributed by atoms with van der Waals surface area (Å²) >= 11 is 0. The quantitative estimate of drug-likeness (QED) is 0.276. The molecule has 0 rings (SSSR count). The summed E-state index contributed by atoms with van der Waals surface area (Å²) in [5, 5.41) is 0. The molecular formula is C12H16O6. The minimum Gasteiger partial charge on any atom is -0.466 e. The van der Waals surface area contributed by atoms with E-state index < -0.39 is 17.9 Å². The summed E-state index contributed by atoms with van der Waals surface area (Å²) in [7, 11) is 1.21. The SMILES string of the molecule is C=CC(=O)OCCCCOC(=O)/C=C/C(=O)OC. The second-order valence-electron chi connectivity index (χ2n) is 3.10. The highest BCUT2D eigenvalue weighted by atomic mass is 16.5. The van der Waals surface area contributed by atoms with Crippen molar-refractivity contribution in [1.82, 2.24) is 0 Å². The molecule has 0 aliphatic rings. The number of hydrogen-bond acceptors (Lipinski definition) is 6. The molecule has 0 unspecified atom stereocenters. The Morgan fingerprint density at radius 3 is 1.94 bits per heavy atom. The molecule has 6 nitrogen and oxygen atoms in total. The van der Waals surface area contributed by atoms with Crippen LogP contribution in [-0.2, 0) is 28.6 Å². The summed E-state index contributed by atoms with van der Waals surface area (Å²) in [4.78, 5) is 32.3. The molecule has 0 radical (unpaired) electrons. The van der Waals surface area contributed by atoms with Crippen molar-refractivity contribution in [3.8, 4) is 0 Å². The molecular weight excluding hydrogens is 240 g/mol. The number of carbonyl (C=O) groups is 3. The normalized spacial score (nSPS) is 9.83. The third-order valence-corrected chi connectivity index (χ3v) is 1.75. The lowest BCUT2D eigenvalue weighted by Gasteiger charge is -2.02. The van der Waals surface area contributed by atoms with Crippen molar-refractivity contribution in [2.45, 2.75) is 12.8 Å². The lowest BCUT2D eigenvalue weighted by atomic mass is 10.3. The van der Waals surface area contributed by atoms with Crippen molar-refractivity contribution >= 4 is 17.9 Å². The third-order valence-electron chi connectivity index (χ3n) is 1.75. The van der Waals surface area contributed by atoms with Crippen LogP contribution >= 0.6 is 0 Å². The summed E-state index contributed by atoms with van der Waals surface area (Å²) in [6, 6.07) is 0. The van der Waals surface area contributed by atoms with Crippen LogP contribution in [0.2, 0.25) is 0 Å². The highest BCUT2D eigenvalue weighted by Gasteiger charge is 2.00. The molecule has 0 amide bonds. The van der Waals surface area contributed by atoms with Crippen LogP contribution < -0.4 is 0 Å². The fraction of sp³-hybridized carbons (Fsp3) is 0.417. The Morgan fingerprint density at radius 2 is 1.44 bits per heavy atom. The maximum Gasteiger partial charge on any atom is 0.331 e. The Labute approximate surface area is 105 Å². The molecule has 0 aliphatic carbocycles. The predicted octanol–water partition coefficient (Wildman–Crippen LogP) is 0.768. The van der Waals surface area contributed by atoms with Gasteiger partial charge in [0, 0.05) is 18.2 Å². The van der Waals surface area contributed by atoms with Crippen LogP contribution in [0.3, 0.4) is 0 Å². The molecule has 0 aliphatic heterocycles. The molecule has 0 N–H and O–H groups in total. The van der Waals surface area contributed by atoms with Crippen LogP contribution in [0.4, 0.5) is 0 Å². The monoisotopic (exact) mass is 256 g/mol. The van der Waals surface area contributed by atoms with Crippen molar-refractivity contribution in [2.24, 2.45) is 0 Å². The zero-order chi connectivity index (χ0) is 13.8. The van der Waals surface area contributed by atoms with Crippen LogP contribution in [0.1, 0.15) is 12.8 Å². The van der Waals surface area contributed by atoms with Gasteiger partial charge in [0.25, 0.3) is 0 Å². The van der Waals surface area contributed by atoms with Crippen molar-refractivity contribution in [2.75, 3.05) is 20.3 Å². The number of carbonyl (C=O) groups excluding carboxylic acids is 3. The number of hydrogen-bond donors (Lipinski definition) is 0.